The highest BCUT2D eigenvalue weighted by Crippen LogP contribution is 2.31. The molecular weight excluding hydrogens is 282 g/mol. The average Bonchev–Trinajstić information content (AvgIpc) is 3.09. The number of thiazole rings is 1. The molecule has 1 unspecified atom stereocenters. The lowest BCUT2D eigenvalue weighted by atomic mass is 10.1. The second-order valence-electron chi connectivity index (χ2n) is 5.17. The van der Waals surface area contributed by atoms with Crippen LogP contribution in [0.25, 0.3) is 10.6 Å². The zero-order valence-corrected chi connectivity index (χ0v) is 12.7. The molecule has 0 spiro atoms. The first-order valence-electron chi connectivity index (χ1n) is 7.08. The number of hydrogen-bond acceptors (Lipinski definition) is 4. The van der Waals surface area contributed by atoms with Gasteiger partial charge in [0.25, 0.3) is 0 Å². The minimum Gasteiger partial charge on any atom is -0.302 e. The Bertz CT molecular complexity index is 663. The van der Waals surface area contributed by atoms with Crippen LogP contribution < -0.4 is 5.32 Å². The first-order chi connectivity index (χ1) is 10.2. The lowest BCUT2D eigenvalue weighted by Gasteiger charge is -2.06. The van der Waals surface area contributed by atoms with E-state index in [4.69, 9.17) is 0 Å². The molecule has 2 heterocycles. The number of hydrogen-bond donors (Lipinski definition) is 1. The van der Waals surface area contributed by atoms with Gasteiger partial charge in [-0.25, -0.2) is 4.98 Å². The molecule has 2 aromatic heterocycles. The Morgan fingerprint density at radius 2 is 2.38 bits per heavy atom. The Morgan fingerprint density at radius 3 is 3.10 bits per heavy atom. The quantitative estimate of drug-likeness (QED) is 0.873. The molecule has 3 rings (SSSR count). The van der Waals surface area contributed by atoms with Crippen LogP contribution >= 0.6 is 11.3 Å². The summed E-state index contributed by atoms with van der Waals surface area (Å²) < 4.78 is 0. The van der Waals surface area contributed by atoms with E-state index in [1.807, 2.05) is 25.1 Å². The van der Waals surface area contributed by atoms with Crippen molar-refractivity contribution in [2.45, 2.75) is 26.2 Å². The van der Waals surface area contributed by atoms with Gasteiger partial charge in [0.2, 0.25) is 5.91 Å². The summed E-state index contributed by atoms with van der Waals surface area (Å²) in [6, 6.07) is 5.79. The summed E-state index contributed by atoms with van der Waals surface area (Å²) in [6.45, 7) is 1.94. The fourth-order valence-electron chi connectivity index (χ4n) is 2.46. The second kappa shape index (κ2) is 6.18. The van der Waals surface area contributed by atoms with Gasteiger partial charge in [-0.3, -0.25) is 9.78 Å². The van der Waals surface area contributed by atoms with E-state index in [1.54, 1.807) is 6.20 Å². The normalized spacial score (nSPS) is 17.1. The lowest BCUT2D eigenvalue weighted by molar-refractivity contribution is -0.116. The third-order valence-electron chi connectivity index (χ3n) is 3.50. The molecule has 21 heavy (non-hydrogen) atoms. The van der Waals surface area contributed by atoms with E-state index in [9.17, 15) is 4.79 Å². The van der Waals surface area contributed by atoms with Crippen LogP contribution in [0.4, 0.5) is 5.13 Å². The maximum Gasteiger partial charge on any atom is 0.226 e. The van der Waals surface area contributed by atoms with Gasteiger partial charge >= 0.3 is 0 Å². The Hall–Kier alpha value is -2.01. The molecule has 0 saturated heterocycles. The van der Waals surface area contributed by atoms with E-state index in [0.717, 1.165) is 29.1 Å². The summed E-state index contributed by atoms with van der Waals surface area (Å²) in [6.07, 6.45) is 8.73. The van der Waals surface area contributed by atoms with Gasteiger partial charge < -0.3 is 5.32 Å². The van der Waals surface area contributed by atoms with Gasteiger partial charge in [-0.15, -0.1) is 0 Å². The molecule has 1 atom stereocenters. The van der Waals surface area contributed by atoms with Crippen LogP contribution in [0.15, 0.2) is 36.5 Å². The largest absolute Gasteiger partial charge is 0.302 e. The fraction of sp³-hybridized carbons (Fsp3) is 0.312. The molecule has 1 aliphatic carbocycles. The first-order valence-corrected chi connectivity index (χ1v) is 7.89. The predicted molar refractivity (Wildman–Crippen MR) is 85.2 cm³/mol. The molecule has 0 aliphatic heterocycles. The predicted octanol–water partition coefficient (Wildman–Crippen LogP) is 3.81. The van der Waals surface area contributed by atoms with Crippen LogP contribution in [0.5, 0.6) is 0 Å². The number of aryl methyl sites for hydroxylation is 1. The van der Waals surface area contributed by atoms with Gasteiger partial charge in [0.1, 0.15) is 0 Å². The molecular formula is C16H17N3OS. The van der Waals surface area contributed by atoms with Crippen LogP contribution in [-0.2, 0) is 4.79 Å². The summed E-state index contributed by atoms with van der Waals surface area (Å²) in [7, 11) is 0. The number of amides is 1. The molecule has 2 aromatic rings. The van der Waals surface area contributed by atoms with Crippen molar-refractivity contribution in [2.75, 3.05) is 5.32 Å². The van der Waals surface area contributed by atoms with Crippen molar-refractivity contribution < 1.29 is 4.79 Å². The van der Waals surface area contributed by atoms with Crippen LogP contribution in [0.3, 0.4) is 0 Å². The third-order valence-corrected chi connectivity index (χ3v) is 4.60. The maximum absolute atomic E-state index is 12.0. The monoisotopic (exact) mass is 299 g/mol. The van der Waals surface area contributed by atoms with Crippen LogP contribution in [0, 0.1) is 12.8 Å². The Morgan fingerprint density at radius 1 is 1.48 bits per heavy atom. The number of pyridine rings is 1. The van der Waals surface area contributed by atoms with E-state index >= 15 is 0 Å². The number of anilines is 1. The summed E-state index contributed by atoms with van der Waals surface area (Å²) in [5, 5.41) is 3.56. The van der Waals surface area contributed by atoms with Gasteiger partial charge in [-0.2, -0.15) is 0 Å². The molecule has 1 N–H and O–H groups in total. The topological polar surface area (TPSA) is 54.9 Å². The van der Waals surface area contributed by atoms with Crippen molar-refractivity contribution in [3.8, 4) is 10.6 Å². The highest BCUT2D eigenvalue weighted by Gasteiger charge is 2.16. The van der Waals surface area contributed by atoms with Crippen molar-refractivity contribution in [3.63, 3.8) is 0 Å². The molecule has 0 saturated carbocycles. The standard InChI is InChI=1S/C16H17N3OS/c1-11-15(13-8-4-5-9-17-13)21-16(18-11)19-14(20)10-12-6-2-3-7-12/h2,4-6,8-9,12H,3,7,10H2,1H3,(H,18,19,20). The van der Waals surface area contributed by atoms with Gasteiger partial charge in [0.15, 0.2) is 5.13 Å². The Labute approximate surface area is 128 Å². The molecule has 0 radical (unpaired) electrons. The number of carbonyl (C=O) groups is 1. The van der Waals surface area contributed by atoms with E-state index < -0.39 is 0 Å². The van der Waals surface area contributed by atoms with Crippen molar-refractivity contribution >= 4 is 22.4 Å². The van der Waals surface area contributed by atoms with Crippen molar-refractivity contribution in [1.82, 2.24) is 9.97 Å². The summed E-state index contributed by atoms with van der Waals surface area (Å²) in [5.41, 5.74) is 1.79. The lowest BCUT2D eigenvalue weighted by Crippen LogP contribution is -2.14. The van der Waals surface area contributed by atoms with Crippen LogP contribution in [0.2, 0.25) is 0 Å². The van der Waals surface area contributed by atoms with E-state index in [0.29, 0.717) is 17.5 Å². The highest BCUT2D eigenvalue weighted by molar-refractivity contribution is 7.19. The summed E-state index contributed by atoms with van der Waals surface area (Å²) in [4.78, 5) is 21.8. The number of rotatable bonds is 4. The zero-order chi connectivity index (χ0) is 14.7. The van der Waals surface area contributed by atoms with Crippen molar-refractivity contribution in [1.29, 1.82) is 0 Å². The molecule has 0 bridgehead atoms. The molecule has 108 valence electrons. The molecule has 4 nitrogen and oxygen atoms in total. The Kier molecular flexibility index (Phi) is 4.10. The number of aromatic nitrogens is 2. The zero-order valence-electron chi connectivity index (χ0n) is 11.9. The first kappa shape index (κ1) is 13.9. The van der Waals surface area contributed by atoms with Crippen molar-refractivity contribution in [2.24, 2.45) is 5.92 Å². The van der Waals surface area contributed by atoms with Crippen molar-refractivity contribution in [3.05, 3.63) is 42.2 Å². The third kappa shape index (κ3) is 3.36. The summed E-state index contributed by atoms with van der Waals surface area (Å²) in [5.74, 6) is 0.411. The minimum absolute atomic E-state index is 0.0351. The van der Waals surface area contributed by atoms with Gasteiger partial charge in [-0.1, -0.05) is 29.6 Å². The average molecular weight is 299 g/mol. The minimum atomic E-state index is 0.0351. The fourth-order valence-corrected chi connectivity index (χ4v) is 3.42. The van der Waals surface area contributed by atoms with Gasteiger partial charge in [0, 0.05) is 12.6 Å². The Balaban J connectivity index is 1.69. The van der Waals surface area contributed by atoms with E-state index in [1.165, 1.54) is 11.3 Å². The number of nitrogens with zero attached hydrogens (tertiary/aromatic N) is 2. The van der Waals surface area contributed by atoms with Gasteiger partial charge in [0.05, 0.1) is 16.3 Å². The molecule has 0 aromatic carbocycles. The maximum atomic E-state index is 12.0. The molecule has 1 amide bonds. The van der Waals surface area contributed by atoms with Crippen LogP contribution in [-0.4, -0.2) is 15.9 Å². The molecule has 0 fully saturated rings. The van der Waals surface area contributed by atoms with Crippen LogP contribution in [0.1, 0.15) is 25.0 Å². The highest BCUT2D eigenvalue weighted by atomic mass is 32.1. The summed E-state index contributed by atoms with van der Waals surface area (Å²) >= 11 is 1.48. The second-order valence-corrected chi connectivity index (χ2v) is 6.17. The number of allylic oxidation sites excluding steroid dienone is 2. The number of carbonyl (C=O) groups excluding carboxylic acids is 1. The molecule has 5 heteroatoms. The van der Waals surface area contributed by atoms with Gasteiger partial charge in [-0.05, 0) is 37.8 Å². The smallest absolute Gasteiger partial charge is 0.226 e. The van der Waals surface area contributed by atoms with E-state index in [2.05, 4.69) is 27.4 Å². The van der Waals surface area contributed by atoms with E-state index in [-0.39, 0.29) is 5.91 Å². The molecule has 1 aliphatic rings. The number of nitrogens with one attached hydrogen (secondary N) is 1. The SMILES string of the molecule is Cc1nc(NC(=O)CC2C=CCC2)sc1-c1ccccn1.